The van der Waals surface area contributed by atoms with Gasteiger partial charge in [-0.1, -0.05) is 0 Å². The van der Waals surface area contributed by atoms with Crippen LogP contribution in [-0.2, 0) is 0 Å². The highest BCUT2D eigenvalue weighted by atomic mass is 19.3. The number of rotatable bonds is 5. The molecule has 1 aromatic carbocycles. The Balaban J connectivity index is 3.01. The van der Waals surface area contributed by atoms with Gasteiger partial charge in [0, 0.05) is 6.07 Å². The molecule has 0 fully saturated rings. The van der Waals surface area contributed by atoms with Crippen molar-refractivity contribution in [2.45, 2.75) is 5.92 Å². The minimum Gasteiger partial charge on any atom is -0.390 e. The van der Waals surface area contributed by atoms with Crippen LogP contribution in [0.5, 0.6) is 0 Å². The van der Waals surface area contributed by atoms with E-state index in [1.807, 2.05) is 5.32 Å². The first-order chi connectivity index (χ1) is 8.26. The van der Waals surface area contributed by atoms with E-state index in [9.17, 15) is 27.7 Å². The molecule has 0 aliphatic heterocycles. The number of hydrogen-bond acceptors (Lipinski definition) is 4. The van der Waals surface area contributed by atoms with Crippen molar-refractivity contribution in [3.8, 4) is 0 Å². The highest BCUT2D eigenvalue weighted by molar-refractivity contribution is 5.61. The number of nitro benzene ring substituents is 1. The first kappa shape index (κ1) is 14.2. The van der Waals surface area contributed by atoms with Crippen LogP contribution >= 0.6 is 0 Å². The smallest absolute Gasteiger partial charge is 0.295 e. The first-order valence-electron chi connectivity index (χ1n) is 4.63. The molecule has 0 radical (unpaired) electrons. The Hall–Kier alpha value is -1.90. The zero-order valence-electron chi connectivity index (χ0n) is 8.79. The molecule has 0 spiro atoms. The summed E-state index contributed by atoms with van der Waals surface area (Å²) in [5.74, 6) is -6.39. The minimum absolute atomic E-state index is 0.286. The number of aliphatic hydroxyl groups excluding tert-OH is 1. The van der Waals surface area contributed by atoms with E-state index in [-0.39, 0.29) is 6.07 Å². The van der Waals surface area contributed by atoms with Crippen molar-refractivity contribution in [2.24, 2.45) is 0 Å². The molecule has 0 bridgehead atoms. The summed E-state index contributed by atoms with van der Waals surface area (Å²) in [6, 6.07) is 0.690. The van der Waals surface area contributed by atoms with E-state index in [1.54, 1.807) is 0 Å². The summed E-state index contributed by atoms with van der Waals surface area (Å²) in [4.78, 5) is 9.48. The molecule has 0 unspecified atom stereocenters. The number of nitrogens with one attached hydrogen (secondary N) is 1. The molecule has 0 aromatic heterocycles. The summed E-state index contributed by atoms with van der Waals surface area (Å²) in [5.41, 5.74) is -1.46. The Labute approximate surface area is 98.2 Å². The van der Waals surface area contributed by atoms with E-state index in [2.05, 4.69) is 0 Å². The molecule has 9 heteroatoms. The van der Waals surface area contributed by atoms with Gasteiger partial charge in [0.15, 0.2) is 11.6 Å². The Morgan fingerprint density at radius 3 is 2.39 bits per heavy atom. The molecule has 0 atom stereocenters. The van der Waals surface area contributed by atoms with Gasteiger partial charge in [-0.15, -0.1) is 0 Å². The van der Waals surface area contributed by atoms with Gasteiger partial charge in [0.1, 0.15) is 12.3 Å². The molecule has 1 aromatic rings. The largest absolute Gasteiger partial charge is 0.390 e. The number of alkyl halides is 2. The highest BCUT2D eigenvalue weighted by Gasteiger charge is 2.29. The lowest BCUT2D eigenvalue weighted by Crippen LogP contribution is -2.31. The van der Waals surface area contributed by atoms with Crippen molar-refractivity contribution in [3.63, 3.8) is 0 Å². The number of halogens is 4. The zero-order valence-corrected chi connectivity index (χ0v) is 8.79. The number of hydrogen-bond donors (Lipinski definition) is 2. The van der Waals surface area contributed by atoms with Crippen LogP contribution in [-0.4, -0.2) is 29.1 Å². The van der Waals surface area contributed by atoms with E-state index in [4.69, 9.17) is 5.11 Å². The van der Waals surface area contributed by atoms with Crippen molar-refractivity contribution < 1.29 is 27.6 Å². The number of anilines is 1. The van der Waals surface area contributed by atoms with Crippen molar-refractivity contribution in [3.05, 3.63) is 33.9 Å². The van der Waals surface area contributed by atoms with Crippen molar-refractivity contribution in [1.29, 1.82) is 0 Å². The predicted molar refractivity (Wildman–Crippen MR) is 53.5 cm³/mol. The molecule has 100 valence electrons. The van der Waals surface area contributed by atoms with E-state index < -0.39 is 47.0 Å². The summed E-state index contributed by atoms with van der Waals surface area (Å²) >= 11 is 0. The fraction of sp³-hybridized carbons (Fsp3) is 0.333. The number of nitro groups is 1. The van der Waals surface area contributed by atoms with E-state index >= 15 is 0 Å². The van der Waals surface area contributed by atoms with Gasteiger partial charge >= 0.3 is 0 Å². The Morgan fingerprint density at radius 2 is 1.89 bits per heavy atom. The Morgan fingerprint density at radius 1 is 1.33 bits per heavy atom. The third-order valence-corrected chi connectivity index (χ3v) is 2.00. The lowest BCUT2D eigenvalue weighted by molar-refractivity contribution is -0.384. The van der Waals surface area contributed by atoms with E-state index in [1.165, 1.54) is 0 Å². The average Bonchev–Trinajstić information content (AvgIpc) is 2.30. The SMILES string of the molecule is O=[N+]([O-])c1cc(F)c(F)cc1NCC(F)(F)CO. The van der Waals surface area contributed by atoms with Gasteiger partial charge in [-0.2, -0.15) is 0 Å². The second-order valence-electron chi connectivity index (χ2n) is 3.41. The third kappa shape index (κ3) is 3.29. The molecule has 0 amide bonds. The summed E-state index contributed by atoms with van der Waals surface area (Å²) in [6.45, 7) is -2.62. The van der Waals surface area contributed by atoms with Crippen LogP contribution in [0.3, 0.4) is 0 Å². The maximum Gasteiger partial charge on any atom is 0.295 e. The van der Waals surface area contributed by atoms with Crippen LogP contribution in [0.4, 0.5) is 28.9 Å². The molecule has 0 aliphatic rings. The van der Waals surface area contributed by atoms with Crippen molar-refractivity contribution >= 4 is 11.4 Å². The first-order valence-corrected chi connectivity index (χ1v) is 4.63. The summed E-state index contributed by atoms with van der Waals surface area (Å²) in [5, 5.41) is 20.7. The number of aliphatic hydroxyl groups is 1. The minimum atomic E-state index is -3.53. The number of benzene rings is 1. The lowest BCUT2D eigenvalue weighted by atomic mass is 10.2. The molecule has 0 saturated heterocycles. The third-order valence-electron chi connectivity index (χ3n) is 2.00. The summed E-state index contributed by atoms with van der Waals surface area (Å²) in [6.07, 6.45) is 0. The summed E-state index contributed by atoms with van der Waals surface area (Å²) in [7, 11) is 0. The normalized spacial score (nSPS) is 11.4. The monoisotopic (exact) mass is 268 g/mol. The lowest BCUT2D eigenvalue weighted by Gasteiger charge is -2.14. The molecule has 0 saturated carbocycles. The molecule has 0 heterocycles. The fourth-order valence-corrected chi connectivity index (χ4v) is 1.11. The maximum absolute atomic E-state index is 12.8. The van der Waals surface area contributed by atoms with Gasteiger partial charge in [-0.3, -0.25) is 10.1 Å². The van der Waals surface area contributed by atoms with Crippen LogP contribution in [0.2, 0.25) is 0 Å². The van der Waals surface area contributed by atoms with E-state index in [0.29, 0.717) is 6.07 Å². The van der Waals surface area contributed by atoms with Gasteiger partial charge in [-0.25, -0.2) is 17.6 Å². The second-order valence-corrected chi connectivity index (χ2v) is 3.41. The van der Waals surface area contributed by atoms with Gasteiger partial charge < -0.3 is 10.4 Å². The topological polar surface area (TPSA) is 75.4 Å². The number of nitrogens with zero attached hydrogens (tertiary/aromatic N) is 1. The molecule has 2 N–H and O–H groups in total. The maximum atomic E-state index is 12.8. The Kier molecular flexibility index (Phi) is 4.07. The zero-order chi connectivity index (χ0) is 13.9. The van der Waals surface area contributed by atoms with Gasteiger partial charge in [0.05, 0.1) is 17.5 Å². The van der Waals surface area contributed by atoms with Crippen LogP contribution in [0, 0.1) is 21.7 Å². The van der Waals surface area contributed by atoms with Crippen LogP contribution in [0.1, 0.15) is 0 Å². The molecule has 0 aliphatic carbocycles. The van der Waals surface area contributed by atoms with Crippen LogP contribution in [0.15, 0.2) is 12.1 Å². The van der Waals surface area contributed by atoms with E-state index in [0.717, 1.165) is 0 Å². The van der Waals surface area contributed by atoms with Gasteiger partial charge in [-0.05, 0) is 0 Å². The molecule has 5 nitrogen and oxygen atoms in total. The van der Waals surface area contributed by atoms with Crippen molar-refractivity contribution in [1.82, 2.24) is 0 Å². The van der Waals surface area contributed by atoms with Gasteiger partial charge in [0.25, 0.3) is 11.6 Å². The summed E-state index contributed by atoms with van der Waals surface area (Å²) < 4.78 is 51.0. The van der Waals surface area contributed by atoms with Gasteiger partial charge in [0.2, 0.25) is 0 Å². The van der Waals surface area contributed by atoms with Crippen molar-refractivity contribution in [2.75, 3.05) is 18.5 Å². The van der Waals surface area contributed by atoms with Crippen LogP contribution in [0.25, 0.3) is 0 Å². The quantitative estimate of drug-likeness (QED) is 0.486. The molecular weight excluding hydrogens is 260 g/mol. The molecule has 18 heavy (non-hydrogen) atoms. The average molecular weight is 268 g/mol. The fourth-order valence-electron chi connectivity index (χ4n) is 1.11. The van der Waals surface area contributed by atoms with Crippen LogP contribution < -0.4 is 5.32 Å². The highest BCUT2D eigenvalue weighted by Crippen LogP contribution is 2.28. The molecular formula is C9H8F4N2O3. The predicted octanol–water partition coefficient (Wildman–Crippen LogP) is 1.91. The standard InChI is InChI=1S/C9H8F4N2O3/c10-5-1-7(14-3-9(12,13)4-16)8(15(17)18)2-6(5)11/h1-2,14,16H,3-4H2. The Bertz CT molecular complexity index is 467. The molecule has 1 rings (SSSR count). The second kappa shape index (κ2) is 5.17.